The first kappa shape index (κ1) is 10.6. The molecule has 76 valence electrons. The Hall–Kier alpha value is -1.51. The number of anilines is 1. The molecule has 0 fully saturated rings. The van der Waals surface area contributed by atoms with Gasteiger partial charge in [-0.3, -0.25) is 4.79 Å². The van der Waals surface area contributed by atoms with Crippen LogP contribution in [0.25, 0.3) is 0 Å². The van der Waals surface area contributed by atoms with Gasteiger partial charge in [-0.25, -0.2) is 0 Å². The molecule has 0 heterocycles. The van der Waals surface area contributed by atoms with Gasteiger partial charge >= 0.3 is 0 Å². The molecule has 0 aliphatic rings. The third-order valence-corrected chi connectivity index (χ3v) is 2.54. The summed E-state index contributed by atoms with van der Waals surface area (Å²) in [6.07, 6.45) is 0.708. The summed E-state index contributed by atoms with van der Waals surface area (Å²) in [6, 6.07) is 5.58. The third kappa shape index (κ3) is 1.87. The fourth-order valence-electron chi connectivity index (χ4n) is 1.62. The number of carbonyl (C=O) groups is 1. The van der Waals surface area contributed by atoms with Crippen LogP contribution in [0.3, 0.4) is 0 Å². The lowest BCUT2D eigenvalue weighted by atomic mass is 9.91. The minimum Gasteiger partial charge on any atom is -0.399 e. The van der Waals surface area contributed by atoms with Gasteiger partial charge in [-0.05, 0) is 30.5 Å². The molecule has 0 saturated heterocycles. The Balaban J connectivity index is 3.16. The van der Waals surface area contributed by atoms with Gasteiger partial charge in [0.25, 0.3) is 0 Å². The van der Waals surface area contributed by atoms with Crippen LogP contribution in [0.1, 0.15) is 30.4 Å². The van der Waals surface area contributed by atoms with Crippen molar-refractivity contribution in [3.05, 3.63) is 29.3 Å². The fourth-order valence-corrected chi connectivity index (χ4v) is 1.62. The lowest BCUT2D eigenvalue weighted by molar-refractivity contribution is -0.119. The van der Waals surface area contributed by atoms with Crippen LogP contribution in [0, 0.1) is 6.92 Å². The smallest absolute Gasteiger partial charge is 0.224 e. The van der Waals surface area contributed by atoms with Gasteiger partial charge in [-0.15, -0.1) is 0 Å². The van der Waals surface area contributed by atoms with Crippen molar-refractivity contribution in [2.24, 2.45) is 5.73 Å². The first-order chi connectivity index (χ1) is 6.57. The van der Waals surface area contributed by atoms with E-state index >= 15 is 0 Å². The number of hydrogen-bond donors (Lipinski definition) is 2. The molecule has 0 radical (unpaired) electrons. The van der Waals surface area contributed by atoms with Crippen molar-refractivity contribution in [1.29, 1.82) is 0 Å². The van der Waals surface area contributed by atoms with Gasteiger partial charge in [0, 0.05) is 5.69 Å². The van der Waals surface area contributed by atoms with Gasteiger partial charge in [-0.2, -0.15) is 0 Å². The summed E-state index contributed by atoms with van der Waals surface area (Å²) in [5.41, 5.74) is 13.7. The number of rotatable bonds is 3. The molecule has 4 N–H and O–H groups in total. The largest absolute Gasteiger partial charge is 0.399 e. The molecule has 0 spiro atoms. The van der Waals surface area contributed by atoms with Crippen LogP contribution in [0.15, 0.2) is 18.2 Å². The zero-order valence-electron chi connectivity index (χ0n) is 8.58. The molecule has 1 aromatic carbocycles. The van der Waals surface area contributed by atoms with Crippen molar-refractivity contribution >= 4 is 11.6 Å². The Kier molecular flexibility index (Phi) is 3.12. The van der Waals surface area contributed by atoms with Crippen LogP contribution in [-0.4, -0.2) is 5.91 Å². The molecule has 0 bridgehead atoms. The topological polar surface area (TPSA) is 69.1 Å². The van der Waals surface area contributed by atoms with E-state index in [2.05, 4.69) is 0 Å². The summed E-state index contributed by atoms with van der Waals surface area (Å²) in [6.45, 7) is 3.86. The van der Waals surface area contributed by atoms with Crippen LogP contribution < -0.4 is 11.5 Å². The van der Waals surface area contributed by atoms with Crippen molar-refractivity contribution in [1.82, 2.24) is 0 Å². The summed E-state index contributed by atoms with van der Waals surface area (Å²) in [7, 11) is 0. The first-order valence-electron chi connectivity index (χ1n) is 4.72. The lowest BCUT2D eigenvalue weighted by Gasteiger charge is -2.15. The average molecular weight is 192 g/mol. The SMILES string of the molecule is CCC(C(N)=O)c1cccc(N)c1C. The van der Waals surface area contributed by atoms with Crippen LogP contribution in [0.5, 0.6) is 0 Å². The van der Waals surface area contributed by atoms with E-state index in [1.807, 2.05) is 32.0 Å². The Morgan fingerprint density at radius 3 is 2.64 bits per heavy atom. The van der Waals surface area contributed by atoms with Gasteiger partial charge in [0.1, 0.15) is 0 Å². The highest BCUT2D eigenvalue weighted by Crippen LogP contribution is 2.25. The molecule has 3 nitrogen and oxygen atoms in total. The lowest BCUT2D eigenvalue weighted by Crippen LogP contribution is -2.21. The van der Waals surface area contributed by atoms with Gasteiger partial charge < -0.3 is 11.5 Å². The molecule has 0 aliphatic carbocycles. The maximum atomic E-state index is 11.2. The number of nitrogens with two attached hydrogens (primary N) is 2. The first-order valence-corrected chi connectivity index (χ1v) is 4.72. The van der Waals surface area contributed by atoms with Crippen LogP contribution in [0.2, 0.25) is 0 Å². The van der Waals surface area contributed by atoms with Gasteiger partial charge in [-0.1, -0.05) is 19.1 Å². The average Bonchev–Trinajstić information content (AvgIpc) is 2.13. The number of amides is 1. The number of carbonyl (C=O) groups excluding carboxylic acids is 1. The van der Waals surface area contributed by atoms with E-state index in [1.54, 1.807) is 0 Å². The molecule has 0 saturated carbocycles. The van der Waals surface area contributed by atoms with E-state index < -0.39 is 0 Å². The summed E-state index contributed by atoms with van der Waals surface area (Å²) >= 11 is 0. The van der Waals surface area contributed by atoms with Crippen LogP contribution in [0.4, 0.5) is 5.69 Å². The maximum Gasteiger partial charge on any atom is 0.224 e. The molecule has 1 amide bonds. The Labute approximate surface area is 84.1 Å². The van der Waals surface area contributed by atoms with Crippen molar-refractivity contribution in [3.8, 4) is 0 Å². The Bertz CT molecular complexity index is 347. The normalized spacial score (nSPS) is 12.4. The second kappa shape index (κ2) is 4.13. The Morgan fingerprint density at radius 1 is 1.50 bits per heavy atom. The fraction of sp³-hybridized carbons (Fsp3) is 0.364. The molecule has 1 atom stereocenters. The highest BCUT2D eigenvalue weighted by atomic mass is 16.1. The van der Waals surface area contributed by atoms with Gasteiger partial charge in [0.05, 0.1) is 5.92 Å². The third-order valence-electron chi connectivity index (χ3n) is 2.54. The van der Waals surface area contributed by atoms with Crippen LogP contribution in [-0.2, 0) is 4.79 Å². The zero-order chi connectivity index (χ0) is 10.7. The van der Waals surface area contributed by atoms with Gasteiger partial charge in [0.2, 0.25) is 5.91 Å². The van der Waals surface area contributed by atoms with Crippen LogP contribution >= 0.6 is 0 Å². The summed E-state index contributed by atoms with van der Waals surface area (Å²) < 4.78 is 0. The number of hydrogen-bond acceptors (Lipinski definition) is 2. The van der Waals surface area contributed by atoms with Crippen molar-refractivity contribution in [2.45, 2.75) is 26.2 Å². The molecule has 1 rings (SSSR count). The van der Waals surface area contributed by atoms with Crippen molar-refractivity contribution < 1.29 is 4.79 Å². The summed E-state index contributed by atoms with van der Waals surface area (Å²) in [4.78, 5) is 11.2. The molecular formula is C11H16N2O. The van der Waals surface area contributed by atoms with Crippen molar-refractivity contribution in [2.75, 3.05) is 5.73 Å². The summed E-state index contributed by atoms with van der Waals surface area (Å²) in [5, 5.41) is 0. The van der Waals surface area contributed by atoms with E-state index in [0.29, 0.717) is 12.1 Å². The highest BCUT2D eigenvalue weighted by molar-refractivity contribution is 5.82. The number of nitrogen functional groups attached to an aromatic ring is 1. The van der Waals surface area contributed by atoms with Crippen molar-refractivity contribution in [3.63, 3.8) is 0 Å². The van der Waals surface area contributed by atoms with E-state index in [1.165, 1.54) is 0 Å². The van der Waals surface area contributed by atoms with E-state index in [9.17, 15) is 4.79 Å². The maximum absolute atomic E-state index is 11.2. The van der Waals surface area contributed by atoms with E-state index in [-0.39, 0.29) is 11.8 Å². The quantitative estimate of drug-likeness (QED) is 0.713. The van der Waals surface area contributed by atoms with E-state index in [4.69, 9.17) is 11.5 Å². The predicted octanol–water partition coefficient (Wildman–Crippen LogP) is 1.56. The predicted molar refractivity (Wildman–Crippen MR) is 57.8 cm³/mol. The van der Waals surface area contributed by atoms with Gasteiger partial charge in [0.15, 0.2) is 0 Å². The van der Waals surface area contributed by atoms with E-state index in [0.717, 1.165) is 11.1 Å². The molecule has 1 aromatic rings. The highest BCUT2D eigenvalue weighted by Gasteiger charge is 2.17. The second-order valence-electron chi connectivity index (χ2n) is 3.42. The standard InChI is InChI=1S/C11H16N2O/c1-3-8(11(13)14)9-5-4-6-10(12)7(9)2/h4-6,8H,3,12H2,1-2H3,(H2,13,14). The monoisotopic (exact) mass is 192 g/mol. The second-order valence-corrected chi connectivity index (χ2v) is 3.42. The number of primary amides is 1. The molecule has 0 aliphatic heterocycles. The zero-order valence-corrected chi connectivity index (χ0v) is 8.58. The summed E-state index contributed by atoms with van der Waals surface area (Å²) in [5.74, 6) is -0.514. The minimum atomic E-state index is -0.291. The molecular weight excluding hydrogens is 176 g/mol. The molecule has 1 unspecified atom stereocenters. The Morgan fingerprint density at radius 2 is 2.14 bits per heavy atom. The molecule has 0 aromatic heterocycles. The minimum absolute atomic E-state index is 0.224. The number of benzene rings is 1. The molecule has 3 heteroatoms. The molecule has 14 heavy (non-hydrogen) atoms.